The van der Waals surface area contributed by atoms with E-state index < -0.39 is 12.0 Å². The summed E-state index contributed by atoms with van der Waals surface area (Å²) in [5, 5.41) is 11.9. The number of methoxy groups -OCH3 is 4. The highest BCUT2D eigenvalue weighted by Gasteiger charge is 2.35. The molecule has 6 nitrogen and oxygen atoms in total. The van der Waals surface area contributed by atoms with Crippen molar-refractivity contribution in [2.24, 2.45) is 0 Å². The number of hydrogen-bond acceptors (Lipinski definition) is 6. The standard InChI is InChI=1S/C27H30O6.C2H6/c1-30-20-12-10-19(11-13-20)25(22(14-15-28)18-8-6-5-7-9-18)27(29)26-23(32-3)16-21(31-2)17-24(26)33-4;1-2/h5-13,15-17,22,25,27,29H,14H2,1-4H3;1-2H3. The minimum absolute atomic E-state index is 0.235. The third kappa shape index (κ3) is 6.55. The van der Waals surface area contributed by atoms with Gasteiger partial charge in [-0.25, -0.2) is 0 Å². The number of aliphatic hydroxyl groups is 1. The molecule has 1 N–H and O–H groups in total. The summed E-state index contributed by atoms with van der Waals surface area (Å²) in [6, 6.07) is 20.7. The van der Waals surface area contributed by atoms with Gasteiger partial charge in [0.15, 0.2) is 0 Å². The van der Waals surface area contributed by atoms with Gasteiger partial charge in [-0.3, -0.25) is 0 Å². The third-order valence-corrected chi connectivity index (χ3v) is 5.90. The molecule has 0 fully saturated rings. The van der Waals surface area contributed by atoms with Crippen LogP contribution in [0.5, 0.6) is 23.0 Å². The van der Waals surface area contributed by atoms with Crippen LogP contribution in [0.2, 0.25) is 0 Å². The lowest BCUT2D eigenvalue weighted by molar-refractivity contribution is -0.108. The molecule has 0 aromatic heterocycles. The highest BCUT2D eigenvalue weighted by Crippen LogP contribution is 2.49. The van der Waals surface area contributed by atoms with Crippen LogP contribution >= 0.6 is 0 Å². The molecule has 0 bridgehead atoms. The minimum Gasteiger partial charge on any atom is -0.497 e. The Kier molecular flexibility index (Phi) is 11.1. The van der Waals surface area contributed by atoms with Gasteiger partial charge in [-0.05, 0) is 23.3 Å². The first kappa shape index (κ1) is 27.7. The van der Waals surface area contributed by atoms with Gasteiger partial charge in [-0.2, -0.15) is 0 Å². The number of hydrogen-bond donors (Lipinski definition) is 1. The van der Waals surface area contributed by atoms with E-state index in [0.29, 0.717) is 28.6 Å². The summed E-state index contributed by atoms with van der Waals surface area (Å²) in [4.78, 5) is 11.7. The maximum Gasteiger partial charge on any atom is 0.132 e. The fourth-order valence-corrected chi connectivity index (χ4v) is 4.26. The highest BCUT2D eigenvalue weighted by molar-refractivity contribution is 5.56. The van der Waals surface area contributed by atoms with Crippen molar-refractivity contribution in [3.8, 4) is 23.0 Å². The summed E-state index contributed by atoms with van der Waals surface area (Å²) < 4.78 is 21.9. The molecule has 0 aliphatic heterocycles. The Hall–Kier alpha value is -3.51. The molecule has 0 amide bonds. The second-order valence-electron chi connectivity index (χ2n) is 7.61. The Labute approximate surface area is 208 Å². The van der Waals surface area contributed by atoms with Crippen LogP contribution in [0.25, 0.3) is 0 Å². The van der Waals surface area contributed by atoms with E-state index in [1.165, 1.54) is 14.2 Å². The van der Waals surface area contributed by atoms with Gasteiger partial charge in [0.2, 0.25) is 0 Å². The highest BCUT2D eigenvalue weighted by atomic mass is 16.5. The first-order valence-electron chi connectivity index (χ1n) is 11.7. The molecule has 0 saturated carbocycles. The van der Waals surface area contributed by atoms with E-state index in [9.17, 15) is 9.90 Å². The van der Waals surface area contributed by atoms with Gasteiger partial charge in [-0.15, -0.1) is 0 Å². The Balaban J connectivity index is 0.00000210. The fourth-order valence-electron chi connectivity index (χ4n) is 4.26. The van der Waals surface area contributed by atoms with Crippen LogP contribution in [0.1, 0.15) is 54.9 Å². The van der Waals surface area contributed by atoms with Gasteiger partial charge >= 0.3 is 0 Å². The van der Waals surface area contributed by atoms with Gasteiger partial charge in [0.1, 0.15) is 29.3 Å². The summed E-state index contributed by atoms with van der Waals surface area (Å²) in [6.45, 7) is 4.00. The van der Waals surface area contributed by atoms with Crippen LogP contribution < -0.4 is 18.9 Å². The SMILES string of the molecule is CC.COc1ccc(C(C(O)c2c(OC)cc(OC)cc2OC)C(CC=O)c2ccccc2)cc1. The van der Waals surface area contributed by atoms with E-state index >= 15 is 0 Å². The van der Waals surface area contributed by atoms with Crippen molar-refractivity contribution in [3.05, 3.63) is 83.4 Å². The van der Waals surface area contributed by atoms with E-state index in [1.807, 2.05) is 68.4 Å². The zero-order valence-corrected chi connectivity index (χ0v) is 21.4. The Morgan fingerprint density at radius 2 is 1.29 bits per heavy atom. The lowest BCUT2D eigenvalue weighted by Gasteiger charge is -2.33. The average Bonchev–Trinajstić information content (AvgIpc) is 2.93. The van der Waals surface area contributed by atoms with Crippen molar-refractivity contribution < 1.29 is 28.8 Å². The predicted molar refractivity (Wildman–Crippen MR) is 138 cm³/mol. The van der Waals surface area contributed by atoms with E-state index in [0.717, 1.165) is 17.4 Å². The molecule has 3 rings (SSSR count). The second kappa shape index (κ2) is 14.0. The Bertz CT molecular complexity index is 1010. The zero-order valence-electron chi connectivity index (χ0n) is 21.4. The van der Waals surface area contributed by atoms with Gasteiger partial charge in [0.25, 0.3) is 0 Å². The summed E-state index contributed by atoms with van der Waals surface area (Å²) in [6.07, 6.45) is 0.0847. The van der Waals surface area contributed by atoms with E-state index in [-0.39, 0.29) is 12.3 Å². The van der Waals surface area contributed by atoms with Crippen LogP contribution in [0.15, 0.2) is 66.7 Å². The van der Waals surface area contributed by atoms with Crippen LogP contribution in [0, 0.1) is 0 Å². The molecule has 3 unspecified atom stereocenters. The average molecular weight is 481 g/mol. The molecule has 0 aliphatic carbocycles. The minimum atomic E-state index is -1.04. The second-order valence-corrected chi connectivity index (χ2v) is 7.61. The quantitative estimate of drug-likeness (QED) is 0.343. The molecule has 188 valence electrons. The molecule has 0 aliphatic rings. The van der Waals surface area contributed by atoms with E-state index in [1.54, 1.807) is 26.4 Å². The molecular weight excluding hydrogens is 444 g/mol. The fraction of sp³-hybridized carbons (Fsp3) is 0.345. The molecule has 0 radical (unpaired) electrons. The Morgan fingerprint density at radius 3 is 1.74 bits per heavy atom. The maximum atomic E-state index is 11.9. The largest absolute Gasteiger partial charge is 0.497 e. The summed E-state index contributed by atoms with van der Waals surface area (Å²) in [5.41, 5.74) is 2.31. The van der Waals surface area contributed by atoms with Gasteiger partial charge < -0.3 is 28.8 Å². The first-order chi connectivity index (χ1) is 17.1. The van der Waals surface area contributed by atoms with Crippen molar-refractivity contribution >= 4 is 6.29 Å². The molecule has 0 spiro atoms. The van der Waals surface area contributed by atoms with Crippen molar-refractivity contribution in [1.29, 1.82) is 0 Å². The van der Waals surface area contributed by atoms with Crippen LogP contribution in [-0.4, -0.2) is 39.8 Å². The van der Waals surface area contributed by atoms with Crippen LogP contribution in [0.3, 0.4) is 0 Å². The van der Waals surface area contributed by atoms with Crippen molar-refractivity contribution in [2.75, 3.05) is 28.4 Å². The number of ether oxygens (including phenoxy) is 4. The monoisotopic (exact) mass is 480 g/mol. The molecule has 6 heteroatoms. The number of carbonyl (C=O) groups is 1. The maximum absolute atomic E-state index is 11.9. The summed E-state index contributed by atoms with van der Waals surface area (Å²) in [5.74, 6) is 1.37. The lowest BCUT2D eigenvalue weighted by Crippen LogP contribution is -2.21. The van der Waals surface area contributed by atoms with Gasteiger partial charge in [0, 0.05) is 30.4 Å². The van der Waals surface area contributed by atoms with Crippen molar-refractivity contribution in [3.63, 3.8) is 0 Å². The number of rotatable bonds is 11. The van der Waals surface area contributed by atoms with Crippen molar-refractivity contribution in [1.82, 2.24) is 0 Å². The summed E-state index contributed by atoms with van der Waals surface area (Å²) in [7, 11) is 6.23. The van der Waals surface area contributed by atoms with Gasteiger partial charge in [-0.1, -0.05) is 56.3 Å². The van der Waals surface area contributed by atoms with Gasteiger partial charge in [0.05, 0.1) is 40.1 Å². The predicted octanol–water partition coefficient (Wildman–Crippen LogP) is 5.94. The molecule has 3 aromatic carbocycles. The molecule has 0 heterocycles. The number of benzene rings is 3. The lowest BCUT2D eigenvalue weighted by atomic mass is 9.74. The molecule has 35 heavy (non-hydrogen) atoms. The molecule has 3 atom stereocenters. The number of carbonyl (C=O) groups excluding carboxylic acids is 1. The van der Waals surface area contributed by atoms with Crippen molar-refractivity contribution in [2.45, 2.75) is 38.2 Å². The zero-order chi connectivity index (χ0) is 25.8. The molecule has 0 saturated heterocycles. The molecular formula is C29H36O6. The number of aliphatic hydroxyl groups excluding tert-OH is 1. The van der Waals surface area contributed by atoms with E-state index in [2.05, 4.69) is 0 Å². The van der Waals surface area contributed by atoms with Crippen LogP contribution in [0.4, 0.5) is 0 Å². The topological polar surface area (TPSA) is 74.2 Å². The van der Waals surface area contributed by atoms with E-state index in [4.69, 9.17) is 18.9 Å². The third-order valence-electron chi connectivity index (χ3n) is 5.90. The smallest absolute Gasteiger partial charge is 0.132 e. The summed E-state index contributed by atoms with van der Waals surface area (Å²) >= 11 is 0. The number of aldehydes is 1. The normalized spacial score (nSPS) is 12.9. The molecule has 3 aromatic rings. The first-order valence-corrected chi connectivity index (χ1v) is 11.7. The Morgan fingerprint density at radius 1 is 0.743 bits per heavy atom. The van der Waals surface area contributed by atoms with Crippen LogP contribution in [-0.2, 0) is 4.79 Å².